The normalized spacial score (nSPS) is 18.7. The Labute approximate surface area is 477 Å². The van der Waals surface area contributed by atoms with Gasteiger partial charge in [0.05, 0.1) is 21.8 Å². The Morgan fingerprint density at radius 2 is 0.696 bits per heavy atom. The number of benzene rings is 8. The van der Waals surface area contributed by atoms with Crippen molar-refractivity contribution in [2.24, 2.45) is 0 Å². The number of nitrogens with zero attached hydrogens (tertiary/aromatic N) is 2. The van der Waals surface area contributed by atoms with Gasteiger partial charge in [-0.25, -0.2) is 0 Å². The first-order chi connectivity index (χ1) is 38.4. The van der Waals surface area contributed by atoms with Crippen molar-refractivity contribution in [1.29, 1.82) is 0 Å². The van der Waals surface area contributed by atoms with E-state index in [0.717, 1.165) is 0 Å². The molecule has 0 unspecified atom stereocenters. The molecule has 0 N–H and O–H groups in total. The maximum absolute atomic E-state index is 2.74. The number of rotatable bonds is 12. The van der Waals surface area contributed by atoms with E-state index in [1.54, 1.807) is 11.1 Å². The van der Waals surface area contributed by atoms with Crippen molar-refractivity contribution >= 4 is 71.8 Å². The van der Waals surface area contributed by atoms with Crippen molar-refractivity contribution in [3.8, 4) is 11.1 Å². The number of hydrogen-bond acceptors (Lipinski definition) is 2. The van der Waals surface area contributed by atoms with Crippen LogP contribution in [0.5, 0.6) is 0 Å². The fourth-order valence-electron chi connectivity index (χ4n) is 17.2. The summed E-state index contributed by atoms with van der Waals surface area (Å²) in [7, 11) is -4.21. The number of anilines is 6. The first-order valence-electron chi connectivity index (χ1n) is 31.6. The Morgan fingerprint density at radius 3 is 1.09 bits per heavy atom. The zero-order chi connectivity index (χ0) is 53.9. The van der Waals surface area contributed by atoms with Gasteiger partial charge < -0.3 is 9.80 Å². The summed E-state index contributed by atoms with van der Waals surface area (Å²) < 4.78 is -0.0709. The zero-order valence-corrected chi connectivity index (χ0v) is 50.9. The number of fused-ring (bicyclic) bond motifs is 6. The molecule has 5 aliphatic rings. The van der Waals surface area contributed by atoms with Crippen LogP contribution in [0.15, 0.2) is 158 Å². The van der Waals surface area contributed by atoms with Gasteiger partial charge in [-0.1, -0.05) is 201 Å². The quantitative estimate of drug-likeness (QED) is 0.113. The molecule has 4 fully saturated rings. The van der Waals surface area contributed by atoms with Gasteiger partial charge >= 0.3 is 0 Å². The Kier molecular flexibility index (Phi) is 14.4. The lowest BCUT2D eigenvalue weighted by molar-refractivity contribution is 0.443. The Morgan fingerprint density at radius 1 is 0.329 bits per heavy atom. The Balaban J connectivity index is 0.973. The average Bonchev–Trinajstić information content (AvgIpc) is 2.06. The molecule has 8 aromatic rings. The SMILES string of the molecule is C[Si](C)(C)C1([Si](C)(C)C)c2cc3cc(N(c4ccc(C5CCCCC5)cc4)c4ccc(C5CCCCC5)cc4)ccc3cc2-c2c1cc(N(c1ccc(C3CCCCC3)cc1)c1ccc(C3CCCCC3)cc1)c1ccccc21. The largest absolute Gasteiger partial charge is 0.310 e. The van der Waals surface area contributed by atoms with Gasteiger partial charge in [0.15, 0.2) is 0 Å². The standard InChI is InChI=1S/C75H88N2Si2/c1-78(2,3)75(79(4,5)6)71-51-62-49-67(76(63-40-31-57(32-41-63)53-21-11-7-12-22-53)64-42-33-58(34-43-64)54-23-13-8-14-24-54)48-39-61(62)50-70(71)74-69-30-20-19-29-68(69)73(52-72(74)75)77(65-44-35-59(36-45-65)55-25-15-9-16-26-55)66-46-37-60(38-47-66)56-27-17-10-18-28-56/h19-20,29-56H,7-18,21-28H2,1-6H3. The average molecular weight is 1070 g/mol. The van der Waals surface area contributed by atoms with Crippen molar-refractivity contribution < 1.29 is 0 Å². The van der Waals surface area contributed by atoms with Gasteiger partial charge in [0, 0.05) is 38.5 Å². The van der Waals surface area contributed by atoms with Crippen LogP contribution in [0.3, 0.4) is 0 Å². The molecule has 0 amide bonds. The van der Waals surface area contributed by atoms with Gasteiger partial charge in [0.1, 0.15) is 0 Å². The van der Waals surface area contributed by atoms with Crippen LogP contribution in [-0.2, 0) is 4.66 Å². The van der Waals surface area contributed by atoms with Crippen LogP contribution in [0.1, 0.15) is 185 Å². The Bertz CT molecular complexity index is 3290. The lowest BCUT2D eigenvalue weighted by Crippen LogP contribution is -2.63. The van der Waals surface area contributed by atoms with E-state index in [4.69, 9.17) is 0 Å². The molecule has 8 aromatic carbocycles. The second-order valence-corrected chi connectivity index (χ2v) is 38.4. The molecular formula is C75H88N2Si2. The monoisotopic (exact) mass is 1070 g/mol. The summed E-state index contributed by atoms with van der Waals surface area (Å²) in [5, 5.41) is 5.38. The Hall–Kier alpha value is -5.69. The first-order valence-corrected chi connectivity index (χ1v) is 38.6. The van der Waals surface area contributed by atoms with Crippen LogP contribution in [0.25, 0.3) is 32.7 Å². The zero-order valence-electron chi connectivity index (χ0n) is 48.9. The van der Waals surface area contributed by atoms with E-state index >= 15 is 0 Å². The molecule has 0 aromatic heterocycles. The van der Waals surface area contributed by atoms with Gasteiger partial charge in [0.2, 0.25) is 0 Å². The van der Waals surface area contributed by atoms with Crippen LogP contribution in [-0.4, -0.2) is 16.1 Å². The van der Waals surface area contributed by atoms with E-state index in [0.29, 0.717) is 23.7 Å². The summed E-state index contributed by atoms with van der Waals surface area (Å²) in [6.07, 6.45) is 26.9. The molecule has 0 radical (unpaired) electrons. The van der Waals surface area contributed by atoms with Crippen molar-refractivity contribution in [1.82, 2.24) is 0 Å². The predicted octanol–water partition coefficient (Wildman–Crippen LogP) is 23.1. The highest BCUT2D eigenvalue weighted by molar-refractivity contribution is 6.99. The molecular weight excluding hydrogens is 985 g/mol. The van der Waals surface area contributed by atoms with Gasteiger partial charge in [-0.3, -0.25) is 0 Å². The maximum Gasteiger partial charge on any atom is 0.0579 e. The molecule has 0 aliphatic heterocycles. The number of hydrogen-bond donors (Lipinski definition) is 0. The summed E-state index contributed by atoms with van der Waals surface area (Å²) in [6, 6.07) is 64.2. The molecule has 79 heavy (non-hydrogen) atoms. The predicted molar refractivity (Wildman–Crippen MR) is 347 cm³/mol. The van der Waals surface area contributed by atoms with E-state index in [1.807, 2.05) is 0 Å². The molecule has 13 rings (SSSR count). The molecule has 5 aliphatic carbocycles. The third kappa shape index (κ3) is 9.67. The molecule has 4 saturated carbocycles. The molecule has 0 saturated heterocycles. The first kappa shape index (κ1) is 52.7. The fourth-order valence-corrected chi connectivity index (χ4v) is 30.2. The van der Waals surface area contributed by atoms with Crippen LogP contribution in [0.4, 0.5) is 34.1 Å². The summed E-state index contributed by atoms with van der Waals surface area (Å²) in [5.41, 5.74) is 19.7. The van der Waals surface area contributed by atoms with Gasteiger partial charge in [0.25, 0.3) is 0 Å². The van der Waals surface area contributed by atoms with Crippen molar-refractivity contribution in [2.75, 3.05) is 9.80 Å². The van der Waals surface area contributed by atoms with E-state index < -0.39 is 16.1 Å². The molecule has 0 bridgehead atoms. The lowest BCUT2D eigenvalue weighted by Gasteiger charge is -2.51. The van der Waals surface area contributed by atoms with E-state index in [-0.39, 0.29) is 4.66 Å². The van der Waals surface area contributed by atoms with Gasteiger partial charge in [-0.2, -0.15) is 0 Å². The highest BCUT2D eigenvalue weighted by atomic mass is 28.4. The van der Waals surface area contributed by atoms with E-state index in [2.05, 4.69) is 207 Å². The van der Waals surface area contributed by atoms with Crippen LogP contribution < -0.4 is 9.80 Å². The lowest BCUT2D eigenvalue weighted by atomic mass is 9.84. The topological polar surface area (TPSA) is 6.48 Å². The summed E-state index contributed by atoms with van der Waals surface area (Å²) in [6.45, 7) is 16.2. The molecule has 406 valence electrons. The smallest absolute Gasteiger partial charge is 0.0579 e. The van der Waals surface area contributed by atoms with Crippen LogP contribution in [0.2, 0.25) is 39.3 Å². The second-order valence-electron chi connectivity index (χ2n) is 27.4. The summed E-state index contributed by atoms with van der Waals surface area (Å²) in [5.74, 6) is 2.71. The summed E-state index contributed by atoms with van der Waals surface area (Å²) in [4.78, 5) is 5.21. The van der Waals surface area contributed by atoms with Crippen molar-refractivity contribution in [3.63, 3.8) is 0 Å². The van der Waals surface area contributed by atoms with Gasteiger partial charge in [-0.05, 0) is 209 Å². The van der Waals surface area contributed by atoms with Crippen LogP contribution in [0, 0.1) is 0 Å². The minimum atomic E-state index is -2.10. The second kappa shape index (κ2) is 21.7. The fraction of sp³-hybridized carbons (Fsp3) is 0.413. The third-order valence-electron chi connectivity index (χ3n) is 20.7. The van der Waals surface area contributed by atoms with Crippen molar-refractivity contribution in [2.45, 2.75) is 196 Å². The molecule has 4 heteroatoms. The molecule has 0 heterocycles. The van der Waals surface area contributed by atoms with E-state index in [9.17, 15) is 0 Å². The third-order valence-corrected chi connectivity index (χ3v) is 30.8. The molecule has 0 atom stereocenters. The highest BCUT2D eigenvalue weighted by Crippen LogP contribution is 2.62. The molecule has 0 spiro atoms. The van der Waals surface area contributed by atoms with E-state index in [1.165, 1.54) is 217 Å². The summed E-state index contributed by atoms with van der Waals surface area (Å²) >= 11 is 0. The van der Waals surface area contributed by atoms with Gasteiger partial charge in [-0.15, -0.1) is 0 Å². The maximum atomic E-state index is 2.74. The van der Waals surface area contributed by atoms with Crippen LogP contribution >= 0.6 is 0 Å². The minimum Gasteiger partial charge on any atom is -0.310 e. The minimum absolute atomic E-state index is 0.0709. The van der Waals surface area contributed by atoms with Crippen molar-refractivity contribution in [3.05, 3.63) is 191 Å². The molecule has 2 nitrogen and oxygen atoms in total. The highest BCUT2D eigenvalue weighted by Gasteiger charge is 2.60.